The Labute approximate surface area is 114 Å². The van der Waals surface area contributed by atoms with Gasteiger partial charge in [-0.2, -0.15) is 0 Å². The van der Waals surface area contributed by atoms with Crippen LogP contribution in [0.2, 0.25) is 0 Å². The quantitative estimate of drug-likeness (QED) is 0.853. The fraction of sp³-hybridized carbons (Fsp3) is 0.308. The number of nitrogens with zero attached hydrogens (tertiary/aromatic N) is 2. The molecule has 1 N–H and O–H groups in total. The number of carbonyl (C=O) groups is 2. The molecule has 0 saturated carbocycles. The maximum absolute atomic E-state index is 12.2. The Bertz CT molecular complexity index is 633. The van der Waals surface area contributed by atoms with Gasteiger partial charge in [0.05, 0.1) is 0 Å². The van der Waals surface area contributed by atoms with Crippen LogP contribution in [0.25, 0.3) is 11.0 Å². The number of urea groups is 1. The Morgan fingerprint density at radius 2 is 2.35 bits per heavy atom. The van der Waals surface area contributed by atoms with E-state index in [4.69, 9.17) is 9.15 Å². The van der Waals surface area contributed by atoms with E-state index in [1.807, 2.05) is 0 Å². The number of furan rings is 1. The highest BCUT2D eigenvalue weighted by molar-refractivity contribution is 6.04. The number of hydrogen-bond donors (Lipinski definition) is 1. The van der Waals surface area contributed by atoms with Gasteiger partial charge in [-0.3, -0.25) is 9.78 Å². The number of aromatic nitrogens is 1. The van der Waals surface area contributed by atoms with Crippen LogP contribution < -0.4 is 5.32 Å². The van der Waals surface area contributed by atoms with E-state index in [2.05, 4.69) is 10.3 Å². The van der Waals surface area contributed by atoms with Crippen LogP contribution in [0.1, 0.15) is 18.7 Å². The Balaban J connectivity index is 1.87. The maximum atomic E-state index is 12.2. The van der Waals surface area contributed by atoms with Crippen molar-refractivity contribution in [1.82, 2.24) is 15.2 Å². The van der Waals surface area contributed by atoms with Crippen molar-refractivity contribution < 1.29 is 18.7 Å². The summed E-state index contributed by atoms with van der Waals surface area (Å²) in [6.45, 7) is 2.17. The first-order valence-electron chi connectivity index (χ1n) is 6.23. The molecule has 0 aromatic carbocycles. The number of rotatable bonds is 4. The van der Waals surface area contributed by atoms with Gasteiger partial charge >= 0.3 is 6.03 Å². The fourth-order valence-electron chi connectivity index (χ4n) is 2.06. The first kappa shape index (κ1) is 12.6. The molecule has 0 aliphatic carbocycles. The van der Waals surface area contributed by atoms with E-state index in [0.29, 0.717) is 18.0 Å². The molecular weight excluding hydrogens is 262 g/mol. The molecule has 7 heteroatoms. The lowest BCUT2D eigenvalue weighted by molar-refractivity contribution is -0.131. The van der Waals surface area contributed by atoms with Gasteiger partial charge in [-0.25, -0.2) is 9.69 Å². The van der Waals surface area contributed by atoms with Gasteiger partial charge in [0, 0.05) is 24.4 Å². The zero-order valence-corrected chi connectivity index (χ0v) is 10.8. The molecule has 2 aromatic rings. The van der Waals surface area contributed by atoms with Crippen molar-refractivity contribution in [2.45, 2.75) is 13.0 Å². The van der Waals surface area contributed by atoms with Crippen molar-refractivity contribution in [2.24, 2.45) is 0 Å². The van der Waals surface area contributed by atoms with Crippen molar-refractivity contribution in [1.29, 1.82) is 0 Å². The molecule has 7 nitrogen and oxygen atoms in total. The second-order valence-corrected chi connectivity index (χ2v) is 4.33. The molecule has 1 aliphatic heterocycles. The molecular formula is C13H13N3O4. The first-order chi connectivity index (χ1) is 9.70. The second-order valence-electron chi connectivity index (χ2n) is 4.33. The molecule has 104 valence electrons. The van der Waals surface area contributed by atoms with Crippen LogP contribution in [0.4, 0.5) is 4.79 Å². The van der Waals surface area contributed by atoms with Gasteiger partial charge in [0.25, 0.3) is 5.91 Å². The van der Waals surface area contributed by atoms with Gasteiger partial charge in [0.15, 0.2) is 6.04 Å². The van der Waals surface area contributed by atoms with Crippen molar-refractivity contribution in [3.05, 3.63) is 30.3 Å². The average molecular weight is 275 g/mol. The molecule has 1 aliphatic rings. The number of amides is 3. The van der Waals surface area contributed by atoms with E-state index in [9.17, 15) is 9.59 Å². The second kappa shape index (κ2) is 4.93. The average Bonchev–Trinajstić information content (AvgIpc) is 2.98. The molecule has 0 radical (unpaired) electrons. The van der Waals surface area contributed by atoms with Crippen LogP contribution in [0, 0.1) is 0 Å². The van der Waals surface area contributed by atoms with Crippen LogP contribution in [-0.2, 0) is 9.53 Å². The third kappa shape index (κ3) is 2.01. The summed E-state index contributed by atoms with van der Waals surface area (Å²) >= 11 is 0. The van der Waals surface area contributed by atoms with Crippen LogP contribution in [-0.4, -0.2) is 35.2 Å². The first-order valence-corrected chi connectivity index (χ1v) is 6.23. The molecule has 1 fully saturated rings. The van der Waals surface area contributed by atoms with Crippen molar-refractivity contribution >= 4 is 22.9 Å². The van der Waals surface area contributed by atoms with E-state index < -0.39 is 12.1 Å². The van der Waals surface area contributed by atoms with Gasteiger partial charge in [-0.1, -0.05) is 0 Å². The van der Waals surface area contributed by atoms with Gasteiger partial charge < -0.3 is 14.5 Å². The molecule has 3 amide bonds. The normalized spacial score (nSPS) is 18.9. The minimum Gasteiger partial charge on any atom is -0.458 e. The molecule has 20 heavy (non-hydrogen) atoms. The maximum Gasteiger partial charge on any atom is 0.327 e. The van der Waals surface area contributed by atoms with Crippen LogP contribution >= 0.6 is 0 Å². The number of imide groups is 1. The standard InChI is InChI=1S/C13H13N3O4/c1-2-19-7-16-12(17)11(15-13(16)18)10-5-8-6-14-4-3-9(8)20-10/h3-6,11H,2,7H2,1H3,(H,15,18)/t11-/m0/s1. The summed E-state index contributed by atoms with van der Waals surface area (Å²) in [7, 11) is 0. The lowest BCUT2D eigenvalue weighted by Gasteiger charge is -2.11. The molecule has 0 bridgehead atoms. The molecule has 0 spiro atoms. The van der Waals surface area contributed by atoms with Gasteiger partial charge in [0.1, 0.15) is 18.1 Å². The van der Waals surface area contributed by atoms with Crippen molar-refractivity contribution in [3.63, 3.8) is 0 Å². The number of fused-ring (bicyclic) bond motifs is 1. The van der Waals surface area contributed by atoms with E-state index >= 15 is 0 Å². The zero-order valence-electron chi connectivity index (χ0n) is 10.8. The lowest BCUT2D eigenvalue weighted by Crippen LogP contribution is -2.33. The van der Waals surface area contributed by atoms with E-state index in [1.54, 1.807) is 31.5 Å². The summed E-state index contributed by atoms with van der Waals surface area (Å²) < 4.78 is 10.7. The zero-order chi connectivity index (χ0) is 14.1. The summed E-state index contributed by atoms with van der Waals surface area (Å²) in [4.78, 5) is 28.9. The Hall–Kier alpha value is -2.41. The Kier molecular flexibility index (Phi) is 3.11. The topological polar surface area (TPSA) is 84.7 Å². The largest absolute Gasteiger partial charge is 0.458 e. The van der Waals surface area contributed by atoms with Crippen molar-refractivity contribution in [2.75, 3.05) is 13.3 Å². The predicted octanol–water partition coefficient (Wildman–Crippen LogP) is 1.41. The fourth-order valence-corrected chi connectivity index (χ4v) is 2.06. The molecule has 2 aromatic heterocycles. The third-order valence-corrected chi connectivity index (χ3v) is 3.07. The number of carbonyl (C=O) groups excluding carboxylic acids is 2. The Morgan fingerprint density at radius 1 is 1.50 bits per heavy atom. The highest BCUT2D eigenvalue weighted by Gasteiger charge is 2.40. The summed E-state index contributed by atoms with van der Waals surface area (Å²) in [5.74, 6) is 0.0146. The summed E-state index contributed by atoms with van der Waals surface area (Å²) in [5, 5.41) is 3.37. The number of ether oxygens (including phenoxy) is 1. The smallest absolute Gasteiger partial charge is 0.327 e. The molecule has 3 rings (SSSR count). The van der Waals surface area contributed by atoms with E-state index in [-0.39, 0.29) is 12.6 Å². The van der Waals surface area contributed by atoms with E-state index in [1.165, 1.54) is 0 Å². The monoisotopic (exact) mass is 275 g/mol. The number of pyridine rings is 1. The van der Waals surface area contributed by atoms with Crippen LogP contribution in [0.15, 0.2) is 28.9 Å². The number of hydrogen-bond acceptors (Lipinski definition) is 5. The number of nitrogens with one attached hydrogen (secondary N) is 1. The summed E-state index contributed by atoms with van der Waals surface area (Å²) in [5.41, 5.74) is 0.625. The molecule has 0 unspecified atom stereocenters. The molecule has 3 heterocycles. The highest BCUT2D eigenvalue weighted by Crippen LogP contribution is 2.27. The summed E-state index contributed by atoms with van der Waals surface area (Å²) in [6.07, 6.45) is 3.24. The van der Waals surface area contributed by atoms with Crippen LogP contribution in [0.3, 0.4) is 0 Å². The van der Waals surface area contributed by atoms with Gasteiger partial charge in [0.2, 0.25) is 0 Å². The predicted molar refractivity (Wildman–Crippen MR) is 68.6 cm³/mol. The minimum atomic E-state index is -0.810. The summed E-state index contributed by atoms with van der Waals surface area (Å²) in [6, 6.07) is 2.12. The molecule has 1 saturated heterocycles. The third-order valence-electron chi connectivity index (χ3n) is 3.07. The Morgan fingerprint density at radius 3 is 3.10 bits per heavy atom. The highest BCUT2D eigenvalue weighted by atomic mass is 16.5. The SMILES string of the molecule is CCOCN1C(=O)N[C@@H](c2cc3cnccc3o2)C1=O. The minimum absolute atomic E-state index is 0.0561. The van der Waals surface area contributed by atoms with Crippen molar-refractivity contribution in [3.8, 4) is 0 Å². The van der Waals surface area contributed by atoms with E-state index in [0.717, 1.165) is 10.3 Å². The lowest BCUT2D eigenvalue weighted by atomic mass is 10.2. The van der Waals surface area contributed by atoms with Gasteiger partial charge in [-0.15, -0.1) is 0 Å². The molecule has 1 atom stereocenters. The van der Waals surface area contributed by atoms with Crippen LogP contribution in [0.5, 0.6) is 0 Å². The van der Waals surface area contributed by atoms with Gasteiger partial charge in [-0.05, 0) is 19.1 Å².